The number of oxime groups is 1. The van der Waals surface area contributed by atoms with Crippen molar-refractivity contribution in [1.82, 2.24) is 14.6 Å². The molecule has 2 rings (SSSR count). The molecule has 1 saturated heterocycles. The monoisotopic (exact) mass is 435 g/mol. The highest BCUT2D eigenvalue weighted by molar-refractivity contribution is 7.84. The molecule has 1 aliphatic heterocycles. The lowest BCUT2D eigenvalue weighted by Crippen LogP contribution is -2.71. The van der Waals surface area contributed by atoms with Gasteiger partial charge in [0, 0.05) is 5.38 Å². The number of nitrogens with two attached hydrogens (primary N) is 1. The average molecular weight is 435 g/mol. The number of nitrogens with one attached hydrogen (secondary N) is 1. The Morgan fingerprint density at radius 2 is 2.07 bits per heavy atom. The molecule has 1 fully saturated rings. The van der Waals surface area contributed by atoms with E-state index in [1.807, 2.05) is 0 Å². The molecule has 5 N–H and O–H groups in total. The van der Waals surface area contributed by atoms with Gasteiger partial charge in [0.25, 0.3) is 11.8 Å². The Morgan fingerprint density at radius 1 is 1.46 bits per heavy atom. The third kappa shape index (κ3) is 4.20. The quantitative estimate of drug-likeness (QED) is 0.175. The predicted molar refractivity (Wildman–Crippen MR) is 95.7 cm³/mol. The van der Waals surface area contributed by atoms with Gasteiger partial charge in [-0.25, -0.2) is 14.1 Å². The first-order valence-electron chi connectivity index (χ1n) is 7.58. The van der Waals surface area contributed by atoms with E-state index < -0.39 is 51.5 Å². The third-order valence-electron chi connectivity index (χ3n) is 3.73. The Labute approximate surface area is 163 Å². The van der Waals surface area contributed by atoms with Crippen LogP contribution in [0.3, 0.4) is 0 Å². The number of carbonyl (C=O) groups excluding carboxylic acids is 2. The van der Waals surface area contributed by atoms with E-state index in [2.05, 4.69) is 15.5 Å². The molecule has 2 amide bonds. The van der Waals surface area contributed by atoms with Gasteiger partial charge in [0.05, 0.1) is 6.04 Å². The molecule has 0 radical (unpaired) electrons. The standard InChI is InChI=1S/C13H17N5O8S2/c1-5-7(10(20)18(5)28(23,24)25)16-9(19)8(6-4-27-12(14)15-6)17-26-13(2,3)11(21)22/h4-5,7H,1-3H3,(H2,14,15)(H,16,19)(H,21,22)(H,23,24,25)/b17-8+/t5-,7?/m0/s1. The fourth-order valence-corrected chi connectivity index (χ4v) is 3.54. The normalized spacial score (nSPS) is 20.5. The van der Waals surface area contributed by atoms with Gasteiger partial charge in [0.1, 0.15) is 11.7 Å². The molecule has 0 aromatic carbocycles. The summed E-state index contributed by atoms with van der Waals surface area (Å²) >= 11 is 0.980. The van der Waals surface area contributed by atoms with Crippen molar-refractivity contribution in [3.8, 4) is 0 Å². The molecular formula is C13H17N5O8S2. The highest BCUT2D eigenvalue weighted by Gasteiger charge is 2.51. The van der Waals surface area contributed by atoms with Crippen LogP contribution >= 0.6 is 11.3 Å². The van der Waals surface area contributed by atoms with Crippen LogP contribution in [-0.4, -0.2) is 68.5 Å². The van der Waals surface area contributed by atoms with Gasteiger partial charge in [-0.15, -0.1) is 11.3 Å². The molecule has 0 spiro atoms. The molecule has 13 nitrogen and oxygen atoms in total. The summed E-state index contributed by atoms with van der Waals surface area (Å²) in [4.78, 5) is 44.4. The molecule has 2 atom stereocenters. The van der Waals surface area contributed by atoms with Crippen LogP contribution < -0.4 is 11.1 Å². The van der Waals surface area contributed by atoms with Crippen LogP contribution in [0, 0.1) is 0 Å². The summed E-state index contributed by atoms with van der Waals surface area (Å²) in [5.41, 5.74) is 3.26. The Morgan fingerprint density at radius 3 is 2.50 bits per heavy atom. The van der Waals surface area contributed by atoms with Crippen LogP contribution in [0.25, 0.3) is 0 Å². The minimum Gasteiger partial charge on any atom is -0.478 e. The van der Waals surface area contributed by atoms with Gasteiger partial charge in [-0.05, 0) is 20.8 Å². The largest absolute Gasteiger partial charge is 0.478 e. The molecule has 0 bridgehead atoms. The van der Waals surface area contributed by atoms with Crippen LogP contribution in [0.4, 0.5) is 5.13 Å². The number of thiazole rings is 1. The van der Waals surface area contributed by atoms with Gasteiger partial charge in [-0.3, -0.25) is 14.1 Å². The van der Waals surface area contributed by atoms with E-state index in [-0.39, 0.29) is 15.1 Å². The van der Waals surface area contributed by atoms with Crippen LogP contribution in [0.15, 0.2) is 10.5 Å². The number of aliphatic carboxylic acids is 1. The summed E-state index contributed by atoms with van der Waals surface area (Å²) in [6, 6.07) is -2.31. The molecule has 0 aliphatic carbocycles. The second-order valence-electron chi connectivity index (χ2n) is 6.22. The van der Waals surface area contributed by atoms with Crippen molar-refractivity contribution < 1.29 is 37.3 Å². The summed E-state index contributed by atoms with van der Waals surface area (Å²) in [5.74, 6) is -3.38. The Balaban J connectivity index is 2.26. The lowest BCUT2D eigenvalue weighted by molar-refractivity contribution is -0.161. The molecule has 1 aromatic heterocycles. The first-order valence-corrected chi connectivity index (χ1v) is 9.86. The summed E-state index contributed by atoms with van der Waals surface area (Å²) in [6.07, 6.45) is 0. The number of β-lactam (4-membered cyclic amide) rings is 1. The number of nitrogen functional groups attached to an aromatic ring is 1. The molecule has 15 heteroatoms. The van der Waals surface area contributed by atoms with Crippen molar-refractivity contribution in [2.24, 2.45) is 5.16 Å². The van der Waals surface area contributed by atoms with Gasteiger partial charge < -0.3 is 21.0 Å². The highest BCUT2D eigenvalue weighted by atomic mass is 32.2. The van der Waals surface area contributed by atoms with E-state index in [0.717, 1.165) is 11.3 Å². The molecule has 154 valence electrons. The van der Waals surface area contributed by atoms with Crippen molar-refractivity contribution in [3.63, 3.8) is 0 Å². The van der Waals surface area contributed by atoms with E-state index in [4.69, 9.17) is 20.2 Å². The number of nitrogens with zero attached hydrogens (tertiary/aromatic N) is 3. The zero-order chi connectivity index (χ0) is 21.4. The topological polar surface area (TPSA) is 202 Å². The van der Waals surface area contributed by atoms with E-state index in [0.29, 0.717) is 0 Å². The summed E-state index contributed by atoms with van der Waals surface area (Å²) < 4.78 is 31.4. The zero-order valence-electron chi connectivity index (χ0n) is 14.8. The minimum atomic E-state index is -4.76. The number of anilines is 1. The van der Waals surface area contributed by atoms with Crippen molar-refractivity contribution in [2.75, 3.05) is 5.73 Å². The second-order valence-corrected chi connectivity index (χ2v) is 8.40. The average Bonchev–Trinajstić information content (AvgIpc) is 2.97. The fourth-order valence-electron chi connectivity index (χ4n) is 2.11. The summed E-state index contributed by atoms with van der Waals surface area (Å²) in [7, 11) is -4.76. The first-order chi connectivity index (χ1) is 12.8. The molecule has 2 heterocycles. The zero-order valence-corrected chi connectivity index (χ0v) is 16.4. The van der Waals surface area contributed by atoms with Crippen LogP contribution in [0.5, 0.6) is 0 Å². The molecule has 0 saturated carbocycles. The van der Waals surface area contributed by atoms with Crippen molar-refractivity contribution in [3.05, 3.63) is 11.1 Å². The first kappa shape index (κ1) is 21.5. The Kier molecular flexibility index (Phi) is 5.63. The van der Waals surface area contributed by atoms with Gasteiger partial charge in [-0.2, -0.15) is 8.42 Å². The number of hydrogen-bond donors (Lipinski definition) is 4. The maximum atomic E-state index is 12.6. The maximum absolute atomic E-state index is 12.6. The summed E-state index contributed by atoms with van der Waals surface area (Å²) in [6.45, 7) is 3.69. The van der Waals surface area contributed by atoms with E-state index in [1.165, 1.54) is 26.2 Å². The molecule has 1 aliphatic rings. The maximum Gasteiger partial charge on any atom is 0.362 e. The molecule has 28 heavy (non-hydrogen) atoms. The van der Waals surface area contributed by atoms with Gasteiger partial charge in [0.15, 0.2) is 10.8 Å². The van der Waals surface area contributed by atoms with Crippen LogP contribution in [0.2, 0.25) is 0 Å². The van der Waals surface area contributed by atoms with Crippen molar-refractivity contribution >= 4 is 50.3 Å². The number of rotatable bonds is 7. The Bertz CT molecular complexity index is 954. The van der Waals surface area contributed by atoms with E-state index in [9.17, 15) is 22.8 Å². The number of carbonyl (C=O) groups is 3. The van der Waals surface area contributed by atoms with Crippen molar-refractivity contribution in [2.45, 2.75) is 38.5 Å². The lowest BCUT2D eigenvalue weighted by atomic mass is 10.0. The van der Waals surface area contributed by atoms with Crippen molar-refractivity contribution in [1.29, 1.82) is 0 Å². The fraction of sp³-hybridized carbons (Fsp3) is 0.462. The minimum absolute atomic E-state index is 0.0350. The number of carboxylic acids is 1. The molecule has 1 aromatic rings. The lowest BCUT2D eigenvalue weighted by Gasteiger charge is -2.42. The number of carboxylic acid groups (broad SMARTS) is 1. The molecular weight excluding hydrogens is 418 g/mol. The number of amides is 2. The smallest absolute Gasteiger partial charge is 0.362 e. The predicted octanol–water partition coefficient (Wildman–Crippen LogP) is -1.17. The Hall–Kier alpha value is -2.78. The summed E-state index contributed by atoms with van der Waals surface area (Å²) in [5, 5.41) is 16.3. The number of hydrogen-bond acceptors (Lipinski definition) is 10. The SMILES string of the molecule is C[C@H]1C(NC(=O)/C(=N/OC(C)(C)C(=O)O)c2csc(N)n2)C(=O)N1S(=O)(=O)O. The molecule has 1 unspecified atom stereocenters. The van der Waals surface area contributed by atoms with E-state index in [1.54, 1.807) is 0 Å². The van der Waals surface area contributed by atoms with Gasteiger partial charge in [-0.1, -0.05) is 5.16 Å². The van der Waals surface area contributed by atoms with Crippen LogP contribution in [0.1, 0.15) is 26.5 Å². The number of aromatic nitrogens is 1. The van der Waals surface area contributed by atoms with Gasteiger partial charge >= 0.3 is 16.3 Å². The third-order valence-corrected chi connectivity index (χ3v) is 5.41. The second kappa shape index (κ2) is 7.33. The van der Waals surface area contributed by atoms with E-state index >= 15 is 0 Å². The highest BCUT2D eigenvalue weighted by Crippen LogP contribution is 2.23. The van der Waals surface area contributed by atoms with Crippen LogP contribution in [-0.2, 0) is 29.5 Å². The van der Waals surface area contributed by atoms with Gasteiger partial charge in [0.2, 0.25) is 5.60 Å².